The van der Waals surface area contributed by atoms with Crippen molar-refractivity contribution in [2.24, 2.45) is 0 Å². The highest BCUT2D eigenvalue weighted by molar-refractivity contribution is 8.00. The second-order valence-corrected chi connectivity index (χ2v) is 9.37. The summed E-state index contributed by atoms with van der Waals surface area (Å²) in [7, 11) is 0. The zero-order chi connectivity index (χ0) is 22.0. The van der Waals surface area contributed by atoms with Crippen LogP contribution in [0.25, 0.3) is 10.9 Å². The average Bonchev–Trinajstić information content (AvgIpc) is 3.22. The molecule has 4 rings (SSSR count). The summed E-state index contributed by atoms with van der Waals surface area (Å²) in [5.41, 5.74) is 2.60. The van der Waals surface area contributed by atoms with E-state index in [1.54, 1.807) is 0 Å². The number of likely N-dealkylation sites (tertiary alicyclic amines) is 1. The smallest absolute Gasteiger partial charge is 0.222 e. The first-order valence-electron chi connectivity index (χ1n) is 11.0. The molecule has 0 aliphatic carbocycles. The van der Waals surface area contributed by atoms with Crippen LogP contribution in [0.15, 0.2) is 29.4 Å². The minimum absolute atomic E-state index is 0.0786. The monoisotopic (exact) mass is 439 g/mol. The summed E-state index contributed by atoms with van der Waals surface area (Å²) in [4.78, 5) is 30.9. The lowest BCUT2D eigenvalue weighted by atomic mass is 10.1. The maximum atomic E-state index is 13.3. The van der Waals surface area contributed by atoms with E-state index in [4.69, 9.17) is 0 Å². The number of aromatic nitrogens is 4. The van der Waals surface area contributed by atoms with Crippen LogP contribution in [0.4, 0.5) is 0 Å². The highest BCUT2D eigenvalue weighted by Gasteiger charge is 2.26. The van der Waals surface area contributed by atoms with Gasteiger partial charge in [-0.15, -0.1) is 10.2 Å². The molecule has 1 aliphatic rings. The van der Waals surface area contributed by atoms with Crippen LogP contribution in [0, 0.1) is 6.92 Å². The molecule has 3 heterocycles. The number of thioether (sulfide) groups is 1. The summed E-state index contributed by atoms with van der Waals surface area (Å²) >= 11 is 1.43. The van der Waals surface area contributed by atoms with E-state index in [0.717, 1.165) is 58.9 Å². The molecule has 0 bridgehead atoms. The van der Waals surface area contributed by atoms with Gasteiger partial charge in [-0.2, -0.15) is 0 Å². The van der Waals surface area contributed by atoms with Gasteiger partial charge in [-0.25, -0.2) is 0 Å². The minimum atomic E-state index is -0.305. The minimum Gasteiger partial charge on any atom is -0.358 e. The Kier molecular flexibility index (Phi) is 6.46. The van der Waals surface area contributed by atoms with Crippen LogP contribution >= 0.6 is 11.8 Å². The number of carbonyl (C=O) groups is 2. The number of ketones is 1. The second kappa shape index (κ2) is 9.26. The van der Waals surface area contributed by atoms with Gasteiger partial charge in [0.15, 0.2) is 16.8 Å². The summed E-state index contributed by atoms with van der Waals surface area (Å²) in [5, 5.41) is 10.1. The molecule has 1 saturated heterocycles. The Morgan fingerprint density at radius 2 is 2.03 bits per heavy atom. The van der Waals surface area contributed by atoms with Gasteiger partial charge in [0.25, 0.3) is 0 Å². The number of aryl methyl sites for hydroxylation is 1. The van der Waals surface area contributed by atoms with E-state index in [2.05, 4.69) is 15.2 Å². The Balaban J connectivity index is 1.53. The SMILES string of the molecule is CCn1c(CN2CCCCCC2=O)nnc1S[C@H](C)C(=O)c1c(C)[nH]c2ccccc12. The number of carbonyl (C=O) groups excluding carboxylic acids is 2. The van der Waals surface area contributed by atoms with Gasteiger partial charge in [0.05, 0.1) is 11.8 Å². The molecule has 2 aromatic heterocycles. The van der Waals surface area contributed by atoms with Crippen LogP contribution in [0.5, 0.6) is 0 Å². The number of H-pyrrole nitrogens is 1. The zero-order valence-electron chi connectivity index (χ0n) is 18.4. The topological polar surface area (TPSA) is 83.9 Å². The Labute approximate surface area is 186 Å². The third kappa shape index (κ3) is 4.39. The maximum absolute atomic E-state index is 13.3. The predicted molar refractivity (Wildman–Crippen MR) is 122 cm³/mol. The predicted octanol–water partition coefficient (Wildman–Crippen LogP) is 4.35. The van der Waals surface area contributed by atoms with Gasteiger partial charge in [0.2, 0.25) is 5.91 Å². The molecule has 0 saturated carbocycles. The lowest BCUT2D eigenvalue weighted by Crippen LogP contribution is -2.31. The summed E-state index contributed by atoms with van der Waals surface area (Å²) in [6, 6.07) is 7.88. The van der Waals surface area contributed by atoms with E-state index in [1.807, 2.05) is 54.5 Å². The Bertz CT molecular complexity index is 1100. The van der Waals surface area contributed by atoms with Gasteiger partial charge in [-0.1, -0.05) is 36.4 Å². The number of amides is 1. The first-order valence-corrected chi connectivity index (χ1v) is 11.9. The molecule has 0 radical (unpaired) electrons. The summed E-state index contributed by atoms with van der Waals surface area (Å²) < 4.78 is 2.02. The molecule has 1 atom stereocenters. The molecule has 31 heavy (non-hydrogen) atoms. The molecule has 8 heteroatoms. The number of rotatable bonds is 7. The van der Waals surface area contributed by atoms with Crippen molar-refractivity contribution in [1.29, 1.82) is 0 Å². The van der Waals surface area contributed by atoms with Crippen LogP contribution < -0.4 is 0 Å². The first kappa shape index (κ1) is 21.6. The maximum Gasteiger partial charge on any atom is 0.222 e. The van der Waals surface area contributed by atoms with Crippen LogP contribution in [0.2, 0.25) is 0 Å². The first-order chi connectivity index (χ1) is 15.0. The van der Waals surface area contributed by atoms with Gasteiger partial charge in [0, 0.05) is 41.7 Å². The molecule has 7 nitrogen and oxygen atoms in total. The number of aromatic amines is 1. The number of nitrogens with one attached hydrogen (secondary N) is 1. The van der Waals surface area contributed by atoms with Crippen molar-refractivity contribution >= 4 is 34.4 Å². The van der Waals surface area contributed by atoms with Crippen LogP contribution in [0.3, 0.4) is 0 Å². The van der Waals surface area contributed by atoms with Crippen molar-refractivity contribution < 1.29 is 9.59 Å². The third-order valence-corrected chi connectivity index (χ3v) is 6.99. The van der Waals surface area contributed by atoms with E-state index < -0.39 is 0 Å². The van der Waals surface area contributed by atoms with E-state index in [-0.39, 0.29) is 16.9 Å². The van der Waals surface area contributed by atoms with Crippen molar-refractivity contribution in [1.82, 2.24) is 24.6 Å². The van der Waals surface area contributed by atoms with Crippen LogP contribution in [-0.4, -0.2) is 48.1 Å². The van der Waals surface area contributed by atoms with Gasteiger partial charge in [-0.3, -0.25) is 9.59 Å². The number of nitrogens with zero attached hydrogens (tertiary/aromatic N) is 4. The van der Waals surface area contributed by atoms with Gasteiger partial charge in [-0.05, 0) is 39.7 Å². The van der Waals surface area contributed by atoms with Gasteiger partial charge >= 0.3 is 0 Å². The van der Waals surface area contributed by atoms with E-state index >= 15 is 0 Å². The molecule has 164 valence electrons. The van der Waals surface area contributed by atoms with Crippen molar-refractivity contribution in [2.75, 3.05) is 6.54 Å². The van der Waals surface area contributed by atoms with Crippen molar-refractivity contribution in [3.05, 3.63) is 41.3 Å². The van der Waals surface area contributed by atoms with Crippen molar-refractivity contribution in [3.8, 4) is 0 Å². The average molecular weight is 440 g/mol. The number of para-hydroxylation sites is 1. The fraction of sp³-hybridized carbons (Fsp3) is 0.478. The summed E-state index contributed by atoms with van der Waals surface area (Å²) in [6.07, 6.45) is 3.70. The molecule has 1 aromatic carbocycles. The molecular weight excluding hydrogens is 410 g/mol. The van der Waals surface area contributed by atoms with Gasteiger partial charge in [0.1, 0.15) is 0 Å². The standard InChI is InChI=1S/C23H29N5O2S/c1-4-28-19(14-27-13-9-5-6-12-20(27)29)25-26-23(28)31-16(3)22(30)21-15(2)24-18-11-8-7-10-17(18)21/h7-8,10-11,16,24H,4-6,9,12-14H2,1-3H3/t16-/m1/s1. The lowest BCUT2D eigenvalue weighted by Gasteiger charge is -2.20. The highest BCUT2D eigenvalue weighted by atomic mass is 32.2. The Hall–Kier alpha value is -2.61. The van der Waals surface area contributed by atoms with Gasteiger partial charge < -0.3 is 14.5 Å². The second-order valence-electron chi connectivity index (χ2n) is 8.06. The highest BCUT2D eigenvalue weighted by Crippen LogP contribution is 2.30. The van der Waals surface area contributed by atoms with Crippen LogP contribution in [-0.2, 0) is 17.9 Å². The van der Waals surface area contributed by atoms with Crippen molar-refractivity contribution in [2.45, 2.75) is 70.0 Å². The molecule has 1 amide bonds. The third-order valence-electron chi connectivity index (χ3n) is 5.90. The zero-order valence-corrected chi connectivity index (χ0v) is 19.2. The Morgan fingerprint density at radius 1 is 1.23 bits per heavy atom. The van der Waals surface area contributed by atoms with E-state index in [1.165, 1.54) is 11.8 Å². The molecular formula is C23H29N5O2S. The number of hydrogen-bond donors (Lipinski definition) is 1. The largest absolute Gasteiger partial charge is 0.358 e. The number of benzene rings is 1. The fourth-order valence-corrected chi connectivity index (χ4v) is 5.22. The molecule has 1 N–H and O–H groups in total. The number of Topliss-reactive ketones (excluding diaryl/α,β-unsaturated/α-hetero) is 1. The molecule has 0 spiro atoms. The molecule has 0 unspecified atom stereocenters. The molecule has 1 fully saturated rings. The number of fused-ring (bicyclic) bond motifs is 1. The van der Waals surface area contributed by atoms with E-state index in [0.29, 0.717) is 19.5 Å². The number of hydrogen-bond acceptors (Lipinski definition) is 5. The fourth-order valence-electron chi connectivity index (χ4n) is 4.23. The van der Waals surface area contributed by atoms with Crippen molar-refractivity contribution in [3.63, 3.8) is 0 Å². The molecule has 1 aliphatic heterocycles. The van der Waals surface area contributed by atoms with E-state index in [9.17, 15) is 9.59 Å². The summed E-state index contributed by atoms with van der Waals surface area (Å²) in [6.45, 7) is 7.84. The van der Waals surface area contributed by atoms with Crippen LogP contribution in [0.1, 0.15) is 61.4 Å². The Morgan fingerprint density at radius 3 is 2.84 bits per heavy atom. The molecule has 3 aromatic rings. The lowest BCUT2D eigenvalue weighted by molar-refractivity contribution is -0.131. The summed E-state index contributed by atoms with van der Waals surface area (Å²) in [5.74, 6) is 1.05. The quantitative estimate of drug-likeness (QED) is 0.437. The normalized spacial score (nSPS) is 16.0.